The first kappa shape index (κ1) is 14.9. The van der Waals surface area contributed by atoms with Crippen LogP contribution < -0.4 is 11.3 Å². The molecule has 0 amide bonds. The summed E-state index contributed by atoms with van der Waals surface area (Å²) in [5.41, 5.74) is 7.00. The Morgan fingerprint density at radius 1 is 1.43 bits per heavy atom. The highest BCUT2D eigenvalue weighted by atomic mass is 32.2. The number of carbonyl (C=O) groups is 1. The van der Waals surface area contributed by atoms with Gasteiger partial charge in [0.05, 0.1) is 0 Å². The number of thioether (sulfide) groups is 1. The normalized spacial score (nSPS) is 10.9. The molecule has 108 valence electrons. The van der Waals surface area contributed by atoms with Gasteiger partial charge in [0.2, 0.25) is 0 Å². The van der Waals surface area contributed by atoms with Gasteiger partial charge < -0.3 is 15.8 Å². The minimum Gasteiger partial charge on any atom is -0.478 e. The van der Waals surface area contributed by atoms with Crippen LogP contribution in [0.15, 0.2) is 46.4 Å². The van der Waals surface area contributed by atoms with Crippen LogP contribution in [0.2, 0.25) is 0 Å². The topological polar surface area (TPSA) is 109 Å². The average Bonchev–Trinajstić information content (AvgIpc) is 2.42. The van der Waals surface area contributed by atoms with Crippen molar-refractivity contribution in [3.05, 3.63) is 57.9 Å². The van der Waals surface area contributed by atoms with E-state index < -0.39 is 5.97 Å². The number of nitrogens with two attached hydrogens (primary N) is 1. The van der Waals surface area contributed by atoms with Gasteiger partial charge >= 0.3 is 5.97 Å². The van der Waals surface area contributed by atoms with Gasteiger partial charge in [0.1, 0.15) is 5.82 Å². The zero-order valence-corrected chi connectivity index (χ0v) is 11.8. The summed E-state index contributed by atoms with van der Waals surface area (Å²) < 4.78 is 0. The van der Waals surface area contributed by atoms with Crippen LogP contribution in [0.5, 0.6) is 0 Å². The van der Waals surface area contributed by atoms with Crippen LogP contribution in [0.1, 0.15) is 11.1 Å². The summed E-state index contributed by atoms with van der Waals surface area (Å²) >= 11 is 1.35. The van der Waals surface area contributed by atoms with E-state index in [-0.39, 0.29) is 11.4 Å². The first-order chi connectivity index (χ1) is 10.0. The molecule has 21 heavy (non-hydrogen) atoms. The van der Waals surface area contributed by atoms with Crippen molar-refractivity contribution in [1.29, 1.82) is 0 Å². The van der Waals surface area contributed by atoms with E-state index in [4.69, 9.17) is 10.8 Å². The van der Waals surface area contributed by atoms with Gasteiger partial charge in [-0.3, -0.25) is 4.79 Å². The van der Waals surface area contributed by atoms with E-state index in [0.717, 1.165) is 17.2 Å². The number of benzene rings is 1. The van der Waals surface area contributed by atoms with Crippen molar-refractivity contribution in [2.45, 2.75) is 10.9 Å². The van der Waals surface area contributed by atoms with Gasteiger partial charge in [-0.15, -0.1) is 0 Å². The molecule has 2 aromatic rings. The predicted octanol–water partition coefficient (Wildman–Crippen LogP) is 1.74. The van der Waals surface area contributed by atoms with E-state index in [2.05, 4.69) is 9.97 Å². The first-order valence-corrected chi connectivity index (χ1v) is 7.01. The maximum atomic E-state index is 11.3. The molecular formula is C14H13N3O3S. The van der Waals surface area contributed by atoms with Gasteiger partial charge in [-0.2, -0.15) is 0 Å². The third-order valence-corrected chi connectivity index (χ3v) is 3.43. The lowest BCUT2D eigenvalue weighted by atomic mass is 10.1. The largest absolute Gasteiger partial charge is 0.478 e. The molecule has 0 saturated heterocycles. The molecule has 0 unspecified atom stereocenters. The summed E-state index contributed by atoms with van der Waals surface area (Å²) in [5.74, 6) is -0.225. The van der Waals surface area contributed by atoms with Crippen LogP contribution in [0.3, 0.4) is 0 Å². The Morgan fingerprint density at radius 3 is 2.95 bits per heavy atom. The number of nitrogens with one attached hydrogen (secondary N) is 1. The first-order valence-electron chi connectivity index (χ1n) is 6.02. The molecule has 0 aliphatic heterocycles. The highest BCUT2D eigenvalue weighted by Gasteiger charge is 2.01. The fraction of sp³-hybridized carbons (Fsp3) is 0.0714. The minimum atomic E-state index is -0.990. The van der Waals surface area contributed by atoms with E-state index in [9.17, 15) is 9.59 Å². The van der Waals surface area contributed by atoms with Crippen LogP contribution in [0.25, 0.3) is 6.08 Å². The Morgan fingerprint density at radius 2 is 2.24 bits per heavy atom. The fourth-order valence-electron chi connectivity index (χ4n) is 1.63. The Balaban J connectivity index is 2.08. The predicted molar refractivity (Wildman–Crippen MR) is 81.9 cm³/mol. The lowest BCUT2D eigenvalue weighted by Gasteiger charge is -2.03. The summed E-state index contributed by atoms with van der Waals surface area (Å²) in [6.07, 6.45) is 2.61. The standard InChI is InChI=1S/C14H13N3O3S/c15-11-7-12(18)17-14(16-11)21-8-10-3-1-2-9(6-10)4-5-13(19)20/h1-7H,8H2,(H,19,20)(H3,15,16,17,18). The zero-order chi connectivity index (χ0) is 15.2. The Hall–Kier alpha value is -2.54. The quantitative estimate of drug-likeness (QED) is 0.441. The summed E-state index contributed by atoms with van der Waals surface area (Å²) in [4.78, 5) is 28.4. The number of carboxylic acid groups (broad SMARTS) is 1. The van der Waals surface area contributed by atoms with Crippen molar-refractivity contribution in [3.8, 4) is 0 Å². The van der Waals surface area contributed by atoms with E-state index in [0.29, 0.717) is 10.9 Å². The van der Waals surface area contributed by atoms with Gasteiger partial charge in [-0.1, -0.05) is 36.0 Å². The van der Waals surface area contributed by atoms with Crippen molar-refractivity contribution in [2.24, 2.45) is 0 Å². The lowest BCUT2D eigenvalue weighted by molar-refractivity contribution is -0.131. The van der Waals surface area contributed by atoms with E-state index in [1.807, 2.05) is 24.3 Å². The number of aromatic amines is 1. The molecule has 1 heterocycles. The molecule has 7 heteroatoms. The SMILES string of the molecule is Nc1cc(=O)[nH]c(SCc2cccc(C=CC(=O)O)c2)n1. The second-order valence-electron chi connectivity index (χ2n) is 4.18. The smallest absolute Gasteiger partial charge is 0.328 e. The molecule has 6 nitrogen and oxygen atoms in total. The van der Waals surface area contributed by atoms with Crippen molar-refractivity contribution >= 4 is 29.6 Å². The van der Waals surface area contributed by atoms with E-state index >= 15 is 0 Å². The second kappa shape index (κ2) is 6.76. The average molecular weight is 303 g/mol. The van der Waals surface area contributed by atoms with Gasteiger partial charge in [0.25, 0.3) is 5.56 Å². The van der Waals surface area contributed by atoms with Gasteiger partial charge in [0.15, 0.2) is 5.16 Å². The van der Waals surface area contributed by atoms with Crippen molar-refractivity contribution in [3.63, 3.8) is 0 Å². The summed E-state index contributed by atoms with van der Waals surface area (Å²) in [6.45, 7) is 0. The third kappa shape index (κ3) is 4.81. The number of hydrogen-bond acceptors (Lipinski definition) is 5. The number of nitrogens with zero attached hydrogens (tertiary/aromatic N) is 1. The molecular weight excluding hydrogens is 290 g/mol. The molecule has 1 aromatic heterocycles. The van der Waals surface area contributed by atoms with Gasteiger partial charge in [0, 0.05) is 17.9 Å². The number of aliphatic carboxylic acids is 1. The zero-order valence-electron chi connectivity index (χ0n) is 10.9. The number of nitrogen functional groups attached to an aromatic ring is 1. The van der Waals surface area contributed by atoms with Crippen LogP contribution in [0.4, 0.5) is 5.82 Å². The van der Waals surface area contributed by atoms with Crippen molar-refractivity contribution < 1.29 is 9.90 Å². The molecule has 0 aliphatic carbocycles. The molecule has 0 saturated carbocycles. The molecule has 0 aliphatic rings. The summed E-state index contributed by atoms with van der Waals surface area (Å²) in [5, 5.41) is 9.05. The van der Waals surface area contributed by atoms with Gasteiger partial charge in [-0.25, -0.2) is 9.78 Å². The van der Waals surface area contributed by atoms with Crippen molar-refractivity contribution in [1.82, 2.24) is 9.97 Å². The van der Waals surface area contributed by atoms with Crippen LogP contribution in [0, 0.1) is 0 Å². The number of rotatable bonds is 5. The minimum absolute atomic E-state index is 0.180. The Labute approximate surface area is 124 Å². The monoisotopic (exact) mass is 303 g/mol. The molecule has 0 fully saturated rings. The maximum absolute atomic E-state index is 11.3. The summed E-state index contributed by atoms with van der Waals surface area (Å²) in [6, 6.07) is 8.66. The Bertz CT molecular complexity index is 740. The highest BCUT2D eigenvalue weighted by molar-refractivity contribution is 7.98. The molecule has 0 spiro atoms. The molecule has 0 atom stereocenters. The maximum Gasteiger partial charge on any atom is 0.328 e. The molecule has 2 rings (SSSR count). The van der Waals surface area contributed by atoms with E-state index in [1.54, 1.807) is 0 Å². The number of carboxylic acids is 1. The number of H-pyrrole nitrogens is 1. The van der Waals surface area contributed by atoms with Crippen LogP contribution >= 0.6 is 11.8 Å². The molecule has 0 radical (unpaired) electrons. The third-order valence-electron chi connectivity index (χ3n) is 2.48. The molecule has 1 aromatic carbocycles. The van der Waals surface area contributed by atoms with Crippen LogP contribution in [-0.2, 0) is 10.5 Å². The van der Waals surface area contributed by atoms with Crippen molar-refractivity contribution in [2.75, 3.05) is 5.73 Å². The summed E-state index contributed by atoms with van der Waals surface area (Å²) in [7, 11) is 0. The number of aromatic nitrogens is 2. The molecule has 4 N–H and O–H groups in total. The number of anilines is 1. The second-order valence-corrected chi connectivity index (χ2v) is 5.14. The van der Waals surface area contributed by atoms with E-state index in [1.165, 1.54) is 23.9 Å². The molecule has 0 bridgehead atoms. The van der Waals surface area contributed by atoms with Gasteiger partial charge in [-0.05, 0) is 17.2 Å². The Kier molecular flexibility index (Phi) is 4.78. The fourth-order valence-corrected chi connectivity index (χ4v) is 2.45. The highest BCUT2D eigenvalue weighted by Crippen LogP contribution is 2.19. The van der Waals surface area contributed by atoms with Crippen LogP contribution in [-0.4, -0.2) is 21.0 Å². The lowest BCUT2D eigenvalue weighted by Crippen LogP contribution is -2.09. The number of hydrogen-bond donors (Lipinski definition) is 3.